The van der Waals surface area contributed by atoms with Crippen LogP contribution in [0, 0.1) is 0 Å². The van der Waals surface area contributed by atoms with Gasteiger partial charge < -0.3 is 26.7 Å². The van der Waals surface area contributed by atoms with Crippen LogP contribution in [0.4, 0.5) is 17.5 Å². The number of ether oxygens (including phenoxy) is 2. The van der Waals surface area contributed by atoms with Crippen molar-refractivity contribution in [2.75, 3.05) is 23.8 Å². The van der Waals surface area contributed by atoms with Crippen molar-refractivity contribution in [3.8, 4) is 22.6 Å². The predicted molar refractivity (Wildman–Crippen MR) is 119 cm³/mol. The maximum absolute atomic E-state index is 6.39. The van der Waals surface area contributed by atoms with Crippen LogP contribution in [-0.2, 0) is 6.42 Å². The van der Waals surface area contributed by atoms with Crippen LogP contribution in [0.15, 0.2) is 42.6 Å². The minimum absolute atomic E-state index is 0.164. The fourth-order valence-electron chi connectivity index (χ4n) is 3.55. The van der Waals surface area contributed by atoms with E-state index in [9.17, 15) is 0 Å². The zero-order valence-corrected chi connectivity index (χ0v) is 17.1. The summed E-state index contributed by atoms with van der Waals surface area (Å²) in [5.74, 6) is 2.09. The number of anilines is 3. The van der Waals surface area contributed by atoms with Crippen LogP contribution in [0.1, 0.15) is 37.3 Å². The molecule has 1 heterocycles. The van der Waals surface area contributed by atoms with E-state index in [2.05, 4.69) is 16.0 Å². The molecule has 7 nitrogen and oxygen atoms in total. The average Bonchev–Trinajstić information content (AvgIpc) is 2.67. The van der Waals surface area contributed by atoms with E-state index in [1.807, 2.05) is 37.3 Å². The second kappa shape index (κ2) is 8.49. The quantitative estimate of drug-likeness (QED) is 0.511. The number of nitrogens with zero attached hydrogens (tertiary/aromatic N) is 2. The Balaban J connectivity index is 1.80. The van der Waals surface area contributed by atoms with Gasteiger partial charge in [0.2, 0.25) is 5.95 Å². The van der Waals surface area contributed by atoms with Crippen molar-refractivity contribution in [1.29, 1.82) is 0 Å². The molecule has 1 aliphatic carbocycles. The van der Waals surface area contributed by atoms with E-state index in [4.69, 9.17) is 26.7 Å². The number of hydrogen-bond acceptors (Lipinski definition) is 7. The lowest BCUT2D eigenvalue weighted by Crippen LogP contribution is -2.25. The maximum atomic E-state index is 6.39. The summed E-state index contributed by atoms with van der Waals surface area (Å²) in [5.41, 5.74) is 22.1. The van der Waals surface area contributed by atoms with Crippen LogP contribution in [0.2, 0.25) is 0 Å². The highest BCUT2D eigenvalue weighted by atomic mass is 16.5. The van der Waals surface area contributed by atoms with E-state index in [-0.39, 0.29) is 12.1 Å². The summed E-state index contributed by atoms with van der Waals surface area (Å²) in [5, 5.41) is 0. The Morgan fingerprint density at radius 3 is 2.53 bits per heavy atom. The average molecular weight is 406 g/mol. The van der Waals surface area contributed by atoms with Gasteiger partial charge in [-0.15, -0.1) is 0 Å². The second-order valence-electron chi connectivity index (χ2n) is 7.51. The van der Waals surface area contributed by atoms with Gasteiger partial charge in [0.25, 0.3) is 0 Å². The van der Waals surface area contributed by atoms with Gasteiger partial charge in [0.15, 0.2) is 0 Å². The van der Waals surface area contributed by atoms with Crippen LogP contribution in [0.3, 0.4) is 0 Å². The smallest absolute Gasteiger partial charge is 0.221 e. The summed E-state index contributed by atoms with van der Waals surface area (Å²) in [7, 11) is 0. The van der Waals surface area contributed by atoms with Crippen LogP contribution in [-0.4, -0.2) is 22.7 Å². The molecule has 1 aliphatic rings. The largest absolute Gasteiger partial charge is 0.493 e. The number of nitrogens with two attached hydrogens (primary N) is 3. The maximum Gasteiger partial charge on any atom is 0.221 e. The highest BCUT2D eigenvalue weighted by Gasteiger charge is 2.23. The molecule has 1 fully saturated rings. The molecule has 3 aromatic rings. The lowest BCUT2D eigenvalue weighted by Gasteiger charge is -2.28. The summed E-state index contributed by atoms with van der Waals surface area (Å²) < 4.78 is 12.4. The highest BCUT2D eigenvalue weighted by Crippen LogP contribution is 2.42. The van der Waals surface area contributed by atoms with Crippen molar-refractivity contribution in [3.05, 3.63) is 53.7 Å². The zero-order valence-electron chi connectivity index (χ0n) is 17.1. The fourth-order valence-corrected chi connectivity index (χ4v) is 3.55. The molecular weight excluding hydrogens is 378 g/mol. The molecule has 0 saturated heterocycles. The lowest BCUT2D eigenvalue weighted by atomic mass is 9.94. The number of aromatic nitrogens is 2. The van der Waals surface area contributed by atoms with Crippen molar-refractivity contribution in [2.45, 2.75) is 38.7 Å². The van der Waals surface area contributed by atoms with Crippen molar-refractivity contribution in [3.63, 3.8) is 0 Å². The number of rotatable bonds is 7. The second-order valence-corrected chi connectivity index (χ2v) is 7.51. The third kappa shape index (κ3) is 4.25. The molecular formula is C23H27N5O2. The Labute approximate surface area is 176 Å². The van der Waals surface area contributed by atoms with Gasteiger partial charge in [-0.25, -0.2) is 4.98 Å². The molecule has 6 N–H and O–H groups in total. The van der Waals surface area contributed by atoms with E-state index in [1.54, 1.807) is 6.20 Å². The fraction of sp³-hybridized carbons (Fsp3) is 0.304. The summed E-state index contributed by atoms with van der Waals surface area (Å²) in [6, 6.07) is 11.8. The Bertz CT molecular complexity index is 1050. The Morgan fingerprint density at radius 2 is 1.87 bits per heavy atom. The predicted octanol–water partition coefficient (Wildman–Crippen LogP) is 3.81. The SMILES string of the molecule is CCOc1cc(Cc2cnc(N)nc2N)cc(OC2CCC2)c1-c1cccc(N)c1. The molecule has 30 heavy (non-hydrogen) atoms. The first-order chi connectivity index (χ1) is 14.5. The number of hydrogen-bond donors (Lipinski definition) is 3. The van der Waals surface area contributed by atoms with Gasteiger partial charge in [-0.05, 0) is 61.6 Å². The van der Waals surface area contributed by atoms with Crippen LogP contribution in [0.25, 0.3) is 11.1 Å². The molecule has 0 bridgehead atoms. The van der Waals surface area contributed by atoms with Gasteiger partial charge >= 0.3 is 0 Å². The van der Waals surface area contributed by atoms with Gasteiger partial charge in [-0.2, -0.15) is 4.98 Å². The third-order valence-corrected chi connectivity index (χ3v) is 5.26. The standard InChI is InChI=1S/C23H27N5O2/c1-2-29-19-10-14(9-16-13-27-23(26)28-22(16)25)11-20(30-18-7-4-8-18)21(19)15-5-3-6-17(24)12-15/h3,5-6,10-13,18H,2,4,7-9,24H2,1H3,(H4,25,26,27,28). The first-order valence-electron chi connectivity index (χ1n) is 10.2. The van der Waals surface area contributed by atoms with E-state index in [1.165, 1.54) is 6.42 Å². The normalized spacial score (nSPS) is 13.6. The van der Waals surface area contributed by atoms with Crippen molar-refractivity contribution < 1.29 is 9.47 Å². The molecule has 4 rings (SSSR count). The summed E-state index contributed by atoms with van der Waals surface area (Å²) in [6.07, 6.45) is 5.74. The topological polar surface area (TPSA) is 122 Å². The monoisotopic (exact) mass is 405 g/mol. The lowest BCUT2D eigenvalue weighted by molar-refractivity contribution is 0.120. The van der Waals surface area contributed by atoms with E-state index in [0.717, 1.165) is 46.6 Å². The molecule has 0 aliphatic heterocycles. The molecule has 0 radical (unpaired) electrons. The van der Waals surface area contributed by atoms with Gasteiger partial charge in [0.05, 0.1) is 18.3 Å². The molecule has 7 heteroatoms. The van der Waals surface area contributed by atoms with E-state index < -0.39 is 0 Å². The van der Waals surface area contributed by atoms with Crippen molar-refractivity contribution >= 4 is 17.5 Å². The Morgan fingerprint density at radius 1 is 1.07 bits per heavy atom. The van der Waals surface area contributed by atoms with E-state index >= 15 is 0 Å². The molecule has 156 valence electrons. The summed E-state index contributed by atoms with van der Waals surface area (Å²) >= 11 is 0. The molecule has 2 aromatic carbocycles. The van der Waals surface area contributed by atoms with Crippen LogP contribution in [0.5, 0.6) is 11.5 Å². The molecule has 0 unspecified atom stereocenters. The van der Waals surface area contributed by atoms with Gasteiger partial charge in [-0.3, -0.25) is 0 Å². The molecule has 1 saturated carbocycles. The van der Waals surface area contributed by atoms with Gasteiger partial charge in [0.1, 0.15) is 17.3 Å². The molecule has 0 spiro atoms. The number of nitrogen functional groups attached to an aromatic ring is 3. The molecule has 0 atom stereocenters. The first-order valence-corrected chi connectivity index (χ1v) is 10.2. The minimum Gasteiger partial charge on any atom is -0.493 e. The van der Waals surface area contributed by atoms with Crippen LogP contribution >= 0.6 is 0 Å². The number of benzene rings is 2. The van der Waals surface area contributed by atoms with Crippen molar-refractivity contribution in [2.24, 2.45) is 0 Å². The minimum atomic E-state index is 0.164. The van der Waals surface area contributed by atoms with Crippen molar-refractivity contribution in [1.82, 2.24) is 9.97 Å². The third-order valence-electron chi connectivity index (χ3n) is 5.26. The Hall–Kier alpha value is -3.48. The molecule has 0 amide bonds. The van der Waals surface area contributed by atoms with Gasteiger partial charge in [0, 0.05) is 23.9 Å². The zero-order chi connectivity index (χ0) is 21.1. The molecule has 1 aromatic heterocycles. The Kier molecular flexibility index (Phi) is 5.61. The van der Waals surface area contributed by atoms with Crippen LogP contribution < -0.4 is 26.7 Å². The highest BCUT2D eigenvalue weighted by molar-refractivity contribution is 5.79. The summed E-state index contributed by atoms with van der Waals surface area (Å²) in [6.45, 7) is 2.50. The van der Waals surface area contributed by atoms with E-state index in [0.29, 0.717) is 24.5 Å². The summed E-state index contributed by atoms with van der Waals surface area (Å²) in [4.78, 5) is 8.14. The van der Waals surface area contributed by atoms with Gasteiger partial charge in [-0.1, -0.05) is 12.1 Å². The first kappa shape index (κ1) is 19.8.